The summed E-state index contributed by atoms with van der Waals surface area (Å²) in [5.74, 6) is 0.403. The van der Waals surface area contributed by atoms with E-state index in [4.69, 9.17) is 16.2 Å². The van der Waals surface area contributed by atoms with Gasteiger partial charge in [0.05, 0.1) is 12.8 Å². The van der Waals surface area contributed by atoms with Crippen LogP contribution in [0.5, 0.6) is 5.75 Å². The van der Waals surface area contributed by atoms with E-state index in [2.05, 4.69) is 20.5 Å². The van der Waals surface area contributed by atoms with Gasteiger partial charge in [0.1, 0.15) is 11.4 Å². The van der Waals surface area contributed by atoms with Crippen molar-refractivity contribution < 1.29 is 9.53 Å². The van der Waals surface area contributed by atoms with Gasteiger partial charge in [0.2, 0.25) is 5.96 Å². The molecule has 2 aromatic carbocycles. The number of guanidine groups is 1. The quantitative estimate of drug-likeness (QED) is 0.314. The van der Waals surface area contributed by atoms with Crippen LogP contribution in [-0.4, -0.2) is 29.7 Å². The number of hydrogen-bond donors (Lipinski definition) is 4. The summed E-state index contributed by atoms with van der Waals surface area (Å²) < 4.78 is 5.20. The number of ether oxygens (including phenoxy) is 1. The molecule has 8 nitrogen and oxygen atoms in total. The average molecular weight is 364 g/mol. The highest BCUT2D eigenvalue weighted by Gasteiger charge is 2.10. The van der Waals surface area contributed by atoms with E-state index in [1.54, 1.807) is 32.2 Å². The van der Waals surface area contributed by atoms with Gasteiger partial charge in [0.15, 0.2) is 0 Å². The molecule has 0 saturated heterocycles. The van der Waals surface area contributed by atoms with E-state index in [1.165, 1.54) is 0 Å². The highest BCUT2D eigenvalue weighted by atomic mass is 16.5. The zero-order chi connectivity index (χ0) is 19.4. The number of nitrogens with two attached hydrogens (primary N) is 2. The molecule has 3 aromatic rings. The van der Waals surface area contributed by atoms with Crippen LogP contribution in [-0.2, 0) is 0 Å². The zero-order valence-electron chi connectivity index (χ0n) is 15.0. The molecule has 1 amide bonds. The maximum atomic E-state index is 12.5. The third-order valence-corrected chi connectivity index (χ3v) is 3.95. The first-order valence-electron chi connectivity index (χ1n) is 8.18. The van der Waals surface area contributed by atoms with Gasteiger partial charge in [-0.25, -0.2) is 0 Å². The van der Waals surface area contributed by atoms with Gasteiger partial charge in [-0.15, -0.1) is 5.10 Å². The van der Waals surface area contributed by atoms with Gasteiger partial charge in [-0.05, 0) is 48.9 Å². The first-order chi connectivity index (χ1) is 13.0. The number of carbonyl (C=O) groups is 1. The Morgan fingerprint density at radius 2 is 1.81 bits per heavy atom. The topological polar surface area (TPSA) is 131 Å². The molecule has 0 spiro atoms. The summed E-state index contributed by atoms with van der Waals surface area (Å²) >= 11 is 0. The Morgan fingerprint density at radius 1 is 1.07 bits per heavy atom. The molecule has 6 N–H and O–H groups in total. The van der Waals surface area contributed by atoms with Crippen molar-refractivity contribution in [3.8, 4) is 5.75 Å². The minimum atomic E-state index is -0.233. The largest absolute Gasteiger partial charge is 0.497 e. The molecule has 0 bridgehead atoms. The Hall–Kier alpha value is -3.81. The summed E-state index contributed by atoms with van der Waals surface area (Å²) in [7, 11) is 1.61. The number of benzene rings is 2. The Balaban J connectivity index is 1.74. The highest BCUT2D eigenvalue weighted by Crippen LogP contribution is 2.22. The minimum Gasteiger partial charge on any atom is -0.497 e. The fourth-order valence-corrected chi connectivity index (χ4v) is 2.54. The van der Waals surface area contributed by atoms with Crippen molar-refractivity contribution in [2.24, 2.45) is 21.7 Å². The summed E-state index contributed by atoms with van der Waals surface area (Å²) in [6.45, 7) is 1.79. The number of methoxy groups -OCH3 is 1. The number of nitrogens with zero attached hydrogens (tertiary/aromatic N) is 2. The van der Waals surface area contributed by atoms with Gasteiger partial charge < -0.3 is 26.5 Å². The van der Waals surface area contributed by atoms with E-state index in [-0.39, 0.29) is 11.9 Å². The second-order valence-electron chi connectivity index (χ2n) is 5.88. The van der Waals surface area contributed by atoms with E-state index in [9.17, 15) is 4.79 Å². The number of hydrogen-bond acceptors (Lipinski definition) is 4. The molecule has 0 unspecified atom stereocenters. The predicted octanol–water partition coefficient (Wildman–Crippen LogP) is 2.43. The zero-order valence-corrected chi connectivity index (χ0v) is 15.0. The monoisotopic (exact) mass is 364 g/mol. The number of aromatic amines is 1. The van der Waals surface area contributed by atoms with Crippen LogP contribution in [0.2, 0.25) is 0 Å². The number of aromatic nitrogens is 1. The fraction of sp³-hybridized carbons (Fsp3) is 0.105. The molecule has 0 fully saturated rings. The number of rotatable bonds is 5. The predicted molar refractivity (Wildman–Crippen MR) is 107 cm³/mol. The number of H-pyrrole nitrogens is 1. The van der Waals surface area contributed by atoms with Gasteiger partial charge in [-0.1, -0.05) is 12.1 Å². The molecule has 0 atom stereocenters. The summed E-state index contributed by atoms with van der Waals surface area (Å²) in [5.41, 5.74) is 14.0. The maximum absolute atomic E-state index is 12.5. The van der Waals surface area contributed by atoms with Gasteiger partial charge >= 0.3 is 0 Å². The summed E-state index contributed by atoms with van der Waals surface area (Å²) in [4.78, 5) is 15.6. The second kappa shape index (κ2) is 7.61. The molecular weight excluding hydrogens is 344 g/mol. The first-order valence-corrected chi connectivity index (χ1v) is 8.18. The molecule has 27 heavy (non-hydrogen) atoms. The number of fused-ring (bicyclic) bond motifs is 1. The number of amides is 1. The van der Waals surface area contributed by atoms with Gasteiger partial charge in [-0.3, -0.25) is 4.79 Å². The van der Waals surface area contributed by atoms with Crippen molar-refractivity contribution in [3.63, 3.8) is 0 Å². The molecule has 0 aliphatic heterocycles. The van der Waals surface area contributed by atoms with E-state index in [0.717, 1.165) is 22.2 Å². The van der Waals surface area contributed by atoms with Crippen LogP contribution in [0.15, 0.2) is 58.7 Å². The standard InChI is InChI=1S/C19H20N6O2/c1-11(24-25-19(20)21)12-3-5-14(6-4-12)22-18(26)17-10-13-9-15(27-2)7-8-16(13)23-17/h3-10,23H,1-2H3,(H,22,26)(H4,20,21,25). The van der Waals surface area contributed by atoms with Crippen LogP contribution in [0.4, 0.5) is 5.69 Å². The third-order valence-electron chi connectivity index (χ3n) is 3.95. The Morgan fingerprint density at radius 3 is 2.48 bits per heavy atom. The molecule has 0 radical (unpaired) electrons. The maximum Gasteiger partial charge on any atom is 0.272 e. The molecular formula is C19H20N6O2. The Kier molecular flexibility index (Phi) is 5.07. The smallest absolute Gasteiger partial charge is 0.272 e. The highest BCUT2D eigenvalue weighted by molar-refractivity contribution is 6.06. The van der Waals surface area contributed by atoms with Gasteiger partial charge in [-0.2, -0.15) is 5.10 Å². The van der Waals surface area contributed by atoms with Crippen LogP contribution >= 0.6 is 0 Å². The van der Waals surface area contributed by atoms with Crippen molar-refractivity contribution in [2.45, 2.75) is 6.92 Å². The van der Waals surface area contributed by atoms with Crippen LogP contribution < -0.4 is 21.5 Å². The molecule has 138 valence electrons. The summed E-state index contributed by atoms with van der Waals surface area (Å²) in [6, 6.07) is 14.6. The van der Waals surface area contributed by atoms with Gasteiger partial charge in [0.25, 0.3) is 5.91 Å². The van der Waals surface area contributed by atoms with E-state index in [0.29, 0.717) is 17.1 Å². The molecule has 1 aromatic heterocycles. The molecule has 0 aliphatic rings. The Bertz CT molecular complexity index is 1030. The second-order valence-corrected chi connectivity index (χ2v) is 5.88. The molecule has 1 heterocycles. The molecule has 8 heteroatoms. The molecule has 3 rings (SSSR count). The van der Waals surface area contributed by atoms with Gasteiger partial charge in [0, 0.05) is 16.6 Å². The van der Waals surface area contributed by atoms with Crippen molar-refractivity contribution in [1.29, 1.82) is 0 Å². The van der Waals surface area contributed by atoms with Crippen LogP contribution in [0, 0.1) is 0 Å². The fourth-order valence-electron chi connectivity index (χ4n) is 2.54. The lowest BCUT2D eigenvalue weighted by atomic mass is 10.1. The number of carbonyl (C=O) groups excluding carboxylic acids is 1. The van der Waals surface area contributed by atoms with E-state index in [1.807, 2.05) is 30.3 Å². The lowest BCUT2D eigenvalue weighted by molar-refractivity contribution is 0.102. The summed E-state index contributed by atoms with van der Waals surface area (Å²) in [5, 5.41) is 11.3. The van der Waals surface area contributed by atoms with Crippen molar-refractivity contribution in [3.05, 3.63) is 59.8 Å². The Labute approximate surface area is 155 Å². The molecule has 0 aliphatic carbocycles. The van der Waals surface area contributed by atoms with Crippen LogP contribution in [0.25, 0.3) is 10.9 Å². The molecule has 0 saturated carbocycles. The van der Waals surface area contributed by atoms with Crippen molar-refractivity contribution >= 4 is 34.2 Å². The third kappa shape index (κ3) is 4.24. The number of nitrogens with one attached hydrogen (secondary N) is 2. The normalized spacial score (nSPS) is 11.3. The first kappa shape index (κ1) is 18.0. The summed E-state index contributed by atoms with van der Waals surface area (Å²) in [6.07, 6.45) is 0. The van der Waals surface area contributed by atoms with Crippen LogP contribution in [0.3, 0.4) is 0 Å². The SMILES string of the molecule is COc1ccc2[nH]c(C(=O)Nc3ccc(C(C)=NN=C(N)N)cc3)cc2c1. The van der Waals surface area contributed by atoms with Crippen molar-refractivity contribution in [1.82, 2.24) is 4.98 Å². The lowest BCUT2D eigenvalue weighted by Gasteiger charge is -2.05. The lowest BCUT2D eigenvalue weighted by Crippen LogP contribution is -2.22. The van der Waals surface area contributed by atoms with E-state index >= 15 is 0 Å². The van der Waals surface area contributed by atoms with E-state index < -0.39 is 0 Å². The van der Waals surface area contributed by atoms with Crippen LogP contribution in [0.1, 0.15) is 23.0 Å². The average Bonchev–Trinajstić information content (AvgIpc) is 3.10. The number of anilines is 1. The minimum absolute atomic E-state index is 0.103. The van der Waals surface area contributed by atoms with Crippen molar-refractivity contribution in [2.75, 3.05) is 12.4 Å².